The second kappa shape index (κ2) is 8.10. The Morgan fingerprint density at radius 1 is 1.23 bits per heavy atom. The number of hydrogen-bond donors (Lipinski definition) is 2. The van der Waals surface area contributed by atoms with E-state index in [-0.39, 0.29) is 25.1 Å². The van der Waals surface area contributed by atoms with Crippen molar-refractivity contribution in [2.24, 2.45) is 0 Å². The molecular weight excluding hydrogens is 324 g/mol. The lowest BCUT2D eigenvalue weighted by Crippen LogP contribution is -2.45. The third-order valence-corrected chi connectivity index (χ3v) is 3.68. The number of nitrogens with one attached hydrogen (secondary N) is 1. The molecule has 0 saturated carbocycles. The molecular formula is C14H19ClF4N2O. The Hall–Kier alpha value is -0.890. The Morgan fingerprint density at radius 3 is 2.36 bits per heavy atom. The molecule has 0 aromatic heterocycles. The molecule has 0 unspecified atom stereocenters. The Kier molecular flexibility index (Phi) is 7.05. The highest BCUT2D eigenvalue weighted by Crippen LogP contribution is 2.34. The van der Waals surface area contributed by atoms with E-state index in [0.717, 1.165) is 25.2 Å². The van der Waals surface area contributed by atoms with Crippen molar-refractivity contribution in [1.29, 1.82) is 0 Å². The number of benzene rings is 1. The van der Waals surface area contributed by atoms with Crippen LogP contribution in [0.3, 0.4) is 0 Å². The maximum Gasteiger partial charge on any atom is 0.419 e. The second-order valence-electron chi connectivity index (χ2n) is 5.05. The van der Waals surface area contributed by atoms with Crippen LogP contribution in [0.4, 0.5) is 17.6 Å². The monoisotopic (exact) mass is 342 g/mol. The van der Waals surface area contributed by atoms with Crippen LogP contribution in [0.15, 0.2) is 18.2 Å². The number of rotatable bonds is 4. The van der Waals surface area contributed by atoms with Gasteiger partial charge in [0.2, 0.25) is 0 Å². The van der Waals surface area contributed by atoms with Crippen molar-refractivity contribution < 1.29 is 22.7 Å². The predicted molar refractivity (Wildman–Crippen MR) is 77.5 cm³/mol. The zero-order valence-electron chi connectivity index (χ0n) is 11.9. The summed E-state index contributed by atoms with van der Waals surface area (Å²) in [6.07, 6.45) is -4.32. The van der Waals surface area contributed by atoms with Crippen molar-refractivity contribution in [1.82, 2.24) is 10.2 Å². The topological polar surface area (TPSA) is 35.5 Å². The Balaban J connectivity index is 0.00000242. The molecule has 0 amide bonds. The fraction of sp³-hybridized carbons (Fsp3) is 0.571. The van der Waals surface area contributed by atoms with Gasteiger partial charge in [-0.2, -0.15) is 13.2 Å². The highest BCUT2D eigenvalue weighted by Gasteiger charge is 2.34. The normalized spacial score (nSPS) is 17.9. The van der Waals surface area contributed by atoms with Gasteiger partial charge in [0.05, 0.1) is 5.56 Å². The maximum absolute atomic E-state index is 13.7. The number of nitrogens with zero attached hydrogens (tertiary/aromatic N) is 1. The SMILES string of the molecule is Cl.OCC[C@@H](c1ccc(C(F)(F)F)c(F)c1)N1CCNCC1. The molecule has 1 fully saturated rings. The molecule has 2 N–H and O–H groups in total. The van der Waals surface area contributed by atoms with Crippen molar-refractivity contribution in [3.05, 3.63) is 35.1 Å². The van der Waals surface area contributed by atoms with Crippen LogP contribution >= 0.6 is 12.4 Å². The van der Waals surface area contributed by atoms with Gasteiger partial charge in [-0.1, -0.05) is 6.07 Å². The minimum absolute atomic E-state index is 0. The van der Waals surface area contributed by atoms with Gasteiger partial charge in [-0.15, -0.1) is 12.4 Å². The maximum atomic E-state index is 13.7. The van der Waals surface area contributed by atoms with Crippen LogP contribution in [0.5, 0.6) is 0 Å². The predicted octanol–water partition coefficient (Wildman–Crippen LogP) is 2.60. The first-order chi connectivity index (χ1) is 9.93. The van der Waals surface area contributed by atoms with Crippen molar-refractivity contribution in [2.45, 2.75) is 18.6 Å². The van der Waals surface area contributed by atoms with E-state index in [4.69, 9.17) is 5.11 Å². The number of halogens is 5. The minimum atomic E-state index is -4.69. The lowest BCUT2D eigenvalue weighted by molar-refractivity contribution is -0.140. The molecule has 1 saturated heterocycles. The molecule has 126 valence electrons. The molecule has 1 aliphatic rings. The van der Waals surface area contributed by atoms with Gasteiger partial charge in [-0.05, 0) is 24.1 Å². The second-order valence-corrected chi connectivity index (χ2v) is 5.05. The van der Waals surface area contributed by atoms with Crippen molar-refractivity contribution in [3.8, 4) is 0 Å². The van der Waals surface area contributed by atoms with Crippen LogP contribution in [-0.2, 0) is 6.18 Å². The molecule has 2 rings (SSSR count). The van der Waals surface area contributed by atoms with Crippen molar-refractivity contribution >= 4 is 12.4 Å². The van der Waals surface area contributed by atoms with Gasteiger partial charge >= 0.3 is 6.18 Å². The number of hydrogen-bond acceptors (Lipinski definition) is 3. The highest BCUT2D eigenvalue weighted by atomic mass is 35.5. The number of piperazine rings is 1. The van der Waals surface area contributed by atoms with E-state index >= 15 is 0 Å². The van der Waals surface area contributed by atoms with Gasteiger partial charge in [0.15, 0.2) is 0 Å². The lowest BCUT2D eigenvalue weighted by Gasteiger charge is -2.35. The van der Waals surface area contributed by atoms with E-state index in [1.54, 1.807) is 0 Å². The molecule has 0 bridgehead atoms. The van der Waals surface area contributed by atoms with Crippen LogP contribution in [0.25, 0.3) is 0 Å². The molecule has 22 heavy (non-hydrogen) atoms. The number of aliphatic hydroxyl groups is 1. The summed E-state index contributed by atoms with van der Waals surface area (Å²) < 4.78 is 51.5. The van der Waals surface area contributed by atoms with Crippen molar-refractivity contribution in [3.63, 3.8) is 0 Å². The summed E-state index contributed by atoms with van der Waals surface area (Å²) in [6.45, 7) is 2.87. The van der Waals surface area contributed by atoms with E-state index in [1.807, 2.05) is 0 Å². The molecule has 1 aromatic rings. The summed E-state index contributed by atoms with van der Waals surface area (Å²) in [4.78, 5) is 2.05. The van der Waals surface area contributed by atoms with Gasteiger partial charge in [0.25, 0.3) is 0 Å². The van der Waals surface area contributed by atoms with E-state index < -0.39 is 17.6 Å². The molecule has 1 atom stereocenters. The summed E-state index contributed by atoms with van der Waals surface area (Å²) >= 11 is 0. The third-order valence-electron chi connectivity index (χ3n) is 3.68. The van der Waals surface area contributed by atoms with Crippen LogP contribution < -0.4 is 5.32 Å². The van der Waals surface area contributed by atoms with E-state index in [2.05, 4.69) is 10.2 Å². The van der Waals surface area contributed by atoms with Gasteiger partial charge in [0.1, 0.15) is 5.82 Å². The highest BCUT2D eigenvalue weighted by molar-refractivity contribution is 5.85. The first kappa shape index (κ1) is 19.2. The largest absolute Gasteiger partial charge is 0.419 e. The van der Waals surface area contributed by atoms with Crippen LogP contribution in [-0.4, -0.2) is 42.8 Å². The fourth-order valence-corrected chi connectivity index (χ4v) is 2.64. The quantitative estimate of drug-likeness (QED) is 0.826. The lowest BCUT2D eigenvalue weighted by atomic mass is 9.99. The van der Waals surface area contributed by atoms with Gasteiger partial charge < -0.3 is 10.4 Å². The van der Waals surface area contributed by atoms with Crippen LogP contribution in [0, 0.1) is 5.82 Å². The molecule has 1 heterocycles. The zero-order chi connectivity index (χ0) is 15.5. The van der Waals surface area contributed by atoms with Gasteiger partial charge in [-0.25, -0.2) is 4.39 Å². The smallest absolute Gasteiger partial charge is 0.396 e. The van der Waals surface area contributed by atoms with Crippen molar-refractivity contribution in [2.75, 3.05) is 32.8 Å². The summed E-state index contributed by atoms with van der Waals surface area (Å²) in [5, 5.41) is 12.3. The number of alkyl halides is 3. The molecule has 3 nitrogen and oxygen atoms in total. The zero-order valence-corrected chi connectivity index (χ0v) is 12.7. The Bertz CT molecular complexity index is 478. The van der Waals surface area contributed by atoms with Crippen LogP contribution in [0.2, 0.25) is 0 Å². The van der Waals surface area contributed by atoms with Crippen LogP contribution in [0.1, 0.15) is 23.6 Å². The standard InChI is InChI=1S/C14H18F4N2O.ClH/c15-12-9-10(1-2-11(12)14(16,17)18)13(3-8-21)20-6-4-19-5-7-20;/h1-2,9,13,19,21H,3-8H2;1H/t13-;/m0./s1. The Labute approximate surface area is 132 Å². The van der Waals surface area contributed by atoms with Gasteiger partial charge in [0, 0.05) is 38.8 Å². The summed E-state index contributed by atoms with van der Waals surface area (Å²) in [7, 11) is 0. The summed E-state index contributed by atoms with van der Waals surface area (Å²) in [5.41, 5.74) is -0.786. The molecule has 0 aliphatic carbocycles. The molecule has 0 spiro atoms. The molecule has 1 aromatic carbocycles. The minimum Gasteiger partial charge on any atom is -0.396 e. The number of aliphatic hydroxyl groups excluding tert-OH is 1. The van der Waals surface area contributed by atoms with Gasteiger partial charge in [-0.3, -0.25) is 4.90 Å². The van der Waals surface area contributed by atoms with E-state index in [9.17, 15) is 17.6 Å². The fourth-order valence-electron chi connectivity index (χ4n) is 2.64. The average molecular weight is 343 g/mol. The van der Waals surface area contributed by atoms with E-state index in [0.29, 0.717) is 25.1 Å². The first-order valence-electron chi connectivity index (χ1n) is 6.85. The summed E-state index contributed by atoms with van der Waals surface area (Å²) in [6, 6.07) is 2.74. The third kappa shape index (κ3) is 4.55. The molecule has 8 heteroatoms. The first-order valence-corrected chi connectivity index (χ1v) is 6.85. The molecule has 0 radical (unpaired) electrons. The van der Waals surface area contributed by atoms with E-state index in [1.165, 1.54) is 6.07 Å². The average Bonchev–Trinajstić information content (AvgIpc) is 2.44. The molecule has 1 aliphatic heterocycles. The Morgan fingerprint density at radius 2 is 1.86 bits per heavy atom. The summed E-state index contributed by atoms with van der Waals surface area (Å²) in [5.74, 6) is -1.27.